The number of nitrogens with one attached hydrogen (secondary N) is 1. The number of halogens is 1. The van der Waals surface area contributed by atoms with Crippen molar-refractivity contribution in [2.24, 2.45) is 0 Å². The summed E-state index contributed by atoms with van der Waals surface area (Å²) in [5.74, 6) is 0.0375. The summed E-state index contributed by atoms with van der Waals surface area (Å²) in [6.07, 6.45) is 0. The summed E-state index contributed by atoms with van der Waals surface area (Å²) in [5, 5.41) is 3.87. The van der Waals surface area contributed by atoms with Crippen LogP contribution < -0.4 is 9.62 Å². The summed E-state index contributed by atoms with van der Waals surface area (Å²) in [7, 11) is 0. The van der Waals surface area contributed by atoms with Crippen LogP contribution in [0.25, 0.3) is 22.2 Å². The van der Waals surface area contributed by atoms with Crippen LogP contribution in [-0.4, -0.2) is 23.2 Å². The van der Waals surface area contributed by atoms with E-state index in [0.717, 1.165) is 40.1 Å². The zero-order valence-electron chi connectivity index (χ0n) is 16.0. The zero-order chi connectivity index (χ0) is 20.5. The summed E-state index contributed by atoms with van der Waals surface area (Å²) in [5.41, 5.74) is 4.00. The van der Waals surface area contributed by atoms with Crippen molar-refractivity contribution < 1.29 is 9.18 Å². The Kier molecular flexibility index (Phi) is 4.85. The second-order valence-electron chi connectivity index (χ2n) is 7.02. The Labute approximate surface area is 177 Å². The fourth-order valence-electron chi connectivity index (χ4n) is 3.41. The Bertz CT molecular complexity index is 1260. The van der Waals surface area contributed by atoms with Crippen LogP contribution in [0.5, 0.6) is 0 Å². The number of rotatable bonds is 4. The van der Waals surface area contributed by atoms with Gasteiger partial charge in [0.1, 0.15) is 5.82 Å². The van der Waals surface area contributed by atoms with Crippen LogP contribution in [0, 0.1) is 5.82 Å². The summed E-state index contributed by atoms with van der Waals surface area (Å²) in [4.78, 5) is 17.3. The molecule has 4 nitrogen and oxygen atoms in total. The molecule has 1 aromatic heterocycles. The third-order valence-corrected chi connectivity index (χ3v) is 6.11. The molecule has 6 heteroatoms. The highest BCUT2D eigenvalue weighted by Gasteiger charge is 2.19. The molecule has 0 unspecified atom stereocenters. The predicted octanol–water partition coefficient (Wildman–Crippen LogP) is 5.76. The Morgan fingerprint density at radius 2 is 1.87 bits per heavy atom. The maximum absolute atomic E-state index is 14.5. The Morgan fingerprint density at radius 3 is 2.67 bits per heavy atom. The van der Waals surface area contributed by atoms with E-state index in [1.807, 2.05) is 58.9 Å². The quantitative estimate of drug-likeness (QED) is 0.430. The van der Waals surface area contributed by atoms with Gasteiger partial charge in [0.05, 0.1) is 16.8 Å². The number of carbonyl (C=O) groups excluding carboxylic acids is 1. The lowest BCUT2D eigenvalue weighted by molar-refractivity contribution is 0.102. The first kappa shape index (κ1) is 18.6. The third kappa shape index (κ3) is 3.62. The number of hydrogen-bond donors (Lipinski definition) is 1. The minimum Gasteiger partial charge on any atom is -0.322 e. The lowest BCUT2D eigenvalue weighted by Gasteiger charge is -2.31. The van der Waals surface area contributed by atoms with Gasteiger partial charge in [-0.05, 0) is 54.4 Å². The molecule has 0 bridgehead atoms. The van der Waals surface area contributed by atoms with Gasteiger partial charge >= 0.3 is 0 Å². The number of amides is 1. The number of benzene rings is 3. The van der Waals surface area contributed by atoms with E-state index < -0.39 is 11.7 Å². The molecule has 1 fully saturated rings. The fraction of sp³-hybridized carbons (Fsp3) is 0.0833. The van der Waals surface area contributed by atoms with Crippen molar-refractivity contribution in [3.05, 3.63) is 90.2 Å². The van der Waals surface area contributed by atoms with Crippen molar-refractivity contribution >= 4 is 40.1 Å². The number of fused-ring (bicyclic) bond motifs is 1. The number of aromatic nitrogens is 1. The molecule has 1 saturated heterocycles. The van der Waals surface area contributed by atoms with Crippen LogP contribution in [0.3, 0.4) is 0 Å². The van der Waals surface area contributed by atoms with Gasteiger partial charge in [-0.3, -0.25) is 4.79 Å². The first-order chi connectivity index (χ1) is 14.7. The van der Waals surface area contributed by atoms with E-state index in [1.54, 1.807) is 24.1 Å². The van der Waals surface area contributed by atoms with E-state index in [1.165, 1.54) is 12.1 Å². The van der Waals surface area contributed by atoms with Crippen LogP contribution in [-0.2, 0) is 0 Å². The van der Waals surface area contributed by atoms with Crippen LogP contribution in [0.4, 0.5) is 15.8 Å². The highest BCUT2D eigenvalue weighted by molar-refractivity contribution is 8.02. The topological polar surface area (TPSA) is 45.2 Å². The van der Waals surface area contributed by atoms with Crippen molar-refractivity contribution in [1.82, 2.24) is 4.98 Å². The van der Waals surface area contributed by atoms with Crippen LogP contribution in [0.1, 0.15) is 10.4 Å². The molecule has 0 aliphatic carbocycles. The maximum Gasteiger partial charge on any atom is 0.258 e. The highest BCUT2D eigenvalue weighted by Crippen LogP contribution is 2.31. The molecule has 0 spiro atoms. The number of hydrogen-bond acceptors (Lipinski definition) is 4. The molecule has 1 N–H and O–H groups in total. The average molecular weight is 415 g/mol. The number of anilines is 2. The van der Waals surface area contributed by atoms with Gasteiger partial charge in [0, 0.05) is 34.6 Å². The third-order valence-electron chi connectivity index (χ3n) is 5.04. The lowest BCUT2D eigenvalue weighted by Crippen LogP contribution is -2.29. The van der Waals surface area contributed by atoms with E-state index in [4.69, 9.17) is 4.98 Å². The molecule has 0 atom stereocenters. The van der Waals surface area contributed by atoms with Gasteiger partial charge in [-0.2, -0.15) is 0 Å². The largest absolute Gasteiger partial charge is 0.322 e. The Balaban J connectivity index is 1.38. The number of nitrogens with zero attached hydrogens (tertiary/aromatic N) is 2. The normalized spacial score (nSPS) is 13.2. The van der Waals surface area contributed by atoms with Crippen molar-refractivity contribution in [3.63, 3.8) is 0 Å². The van der Waals surface area contributed by atoms with Gasteiger partial charge in [-0.25, -0.2) is 9.37 Å². The van der Waals surface area contributed by atoms with E-state index >= 15 is 0 Å². The van der Waals surface area contributed by atoms with E-state index in [9.17, 15) is 9.18 Å². The monoisotopic (exact) mass is 415 g/mol. The van der Waals surface area contributed by atoms with Crippen LogP contribution in [0.15, 0.2) is 78.9 Å². The average Bonchev–Trinajstić information content (AvgIpc) is 2.72. The highest BCUT2D eigenvalue weighted by atomic mass is 32.2. The Morgan fingerprint density at radius 1 is 1.00 bits per heavy atom. The van der Waals surface area contributed by atoms with Crippen LogP contribution in [0.2, 0.25) is 0 Å². The first-order valence-corrected chi connectivity index (χ1v) is 10.6. The van der Waals surface area contributed by atoms with Crippen molar-refractivity contribution in [3.8, 4) is 11.3 Å². The molecule has 1 aliphatic heterocycles. The molecule has 1 amide bonds. The maximum atomic E-state index is 14.5. The van der Waals surface area contributed by atoms with Crippen molar-refractivity contribution in [2.75, 3.05) is 21.9 Å². The second kappa shape index (κ2) is 7.80. The minimum atomic E-state index is -0.523. The summed E-state index contributed by atoms with van der Waals surface area (Å²) in [6.45, 7) is 0.894. The van der Waals surface area contributed by atoms with Gasteiger partial charge in [-0.1, -0.05) is 36.4 Å². The first-order valence-electron chi connectivity index (χ1n) is 9.65. The predicted molar refractivity (Wildman–Crippen MR) is 121 cm³/mol. The van der Waals surface area contributed by atoms with E-state index in [2.05, 4.69) is 5.32 Å². The number of pyridine rings is 1. The molecule has 2 heterocycles. The summed E-state index contributed by atoms with van der Waals surface area (Å²) >= 11 is 1.64. The van der Waals surface area contributed by atoms with Gasteiger partial charge in [0.25, 0.3) is 5.91 Å². The SMILES string of the molecule is O=C(Nc1cccc(-c2ccc3ccccc3n2)c1)c1ccc(N2CCS2)cc1F. The lowest BCUT2D eigenvalue weighted by atomic mass is 10.1. The molecule has 148 valence electrons. The minimum absolute atomic E-state index is 0.0264. The smallest absolute Gasteiger partial charge is 0.258 e. The van der Waals surface area contributed by atoms with Gasteiger partial charge in [0.2, 0.25) is 0 Å². The van der Waals surface area contributed by atoms with Crippen molar-refractivity contribution in [1.29, 1.82) is 0 Å². The van der Waals surface area contributed by atoms with Crippen molar-refractivity contribution in [2.45, 2.75) is 0 Å². The molecule has 30 heavy (non-hydrogen) atoms. The molecular weight excluding hydrogens is 397 g/mol. The molecular formula is C24H18FN3OS. The standard InChI is InChI=1S/C24H18FN3OS/c25-21-15-19(28-12-13-30-28)9-10-20(21)24(29)26-18-6-3-5-17(14-18)23-11-8-16-4-1-2-7-22(16)27-23/h1-11,14-15H,12-13H2,(H,26,29). The molecule has 3 aromatic carbocycles. The Hall–Kier alpha value is -3.38. The fourth-order valence-corrected chi connectivity index (χ4v) is 4.04. The van der Waals surface area contributed by atoms with Gasteiger partial charge in [0.15, 0.2) is 0 Å². The molecule has 0 saturated carbocycles. The van der Waals surface area contributed by atoms with Gasteiger partial charge in [-0.15, -0.1) is 0 Å². The van der Waals surface area contributed by atoms with Crippen LogP contribution >= 0.6 is 11.9 Å². The summed E-state index contributed by atoms with van der Waals surface area (Å²) < 4.78 is 16.5. The van der Waals surface area contributed by atoms with E-state index in [-0.39, 0.29) is 5.56 Å². The summed E-state index contributed by atoms with van der Waals surface area (Å²) in [6, 6.07) is 24.0. The van der Waals surface area contributed by atoms with Gasteiger partial charge < -0.3 is 9.62 Å². The number of para-hydroxylation sites is 1. The molecule has 5 rings (SSSR count). The molecule has 0 radical (unpaired) electrons. The zero-order valence-corrected chi connectivity index (χ0v) is 16.8. The molecule has 4 aromatic rings. The molecule has 1 aliphatic rings. The van der Waals surface area contributed by atoms with E-state index in [0.29, 0.717) is 5.69 Å². The second-order valence-corrected chi connectivity index (χ2v) is 8.13. The number of carbonyl (C=O) groups is 1.